The van der Waals surface area contributed by atoms with E-state index in [-0.39, 0.29) is 0 Å². The lowest BCUT2D eigenvalue weighted by Crippen LogP contribution is -1.86. The van der Waals surface area contributed by atoms with Gasteiger partial charge in [-0.1, -0.05) is 35.9 Å². The molecule has 88 valence electrons. The van der Waals surface area contributed by atoms with Crippen LogP contribution >= 0.6 is 23.2 Å². The van der Waals surface area contributed by atoms with E-state index in [0.717, 1.165) is 21.7 Å². The Kier molecular flexibility index (Phi) is 3.76. The Bertz CT molecular complexity index is 545. The van der Waals surface area contributed by atoms with Crippen LogP contribution in [0.5, 0.6) is 0 Å². The van der Waals surface area contributed by atoms with Gasteiger partial charge in [0.05, 0.1) is 0 Å². The zero-order chi connectivity index (χ0) is 12.4. The molecule has 0 radical (unpaired) electrons. The maximum absolute atomic E-state index is 6.24. The molecule has 0 nitrogen and oxygen atoms in total. The quantitative estimate of drug-likeness (QED) is 0.641. The molecule has 0 atom stereocenters. The molecule has 0 spiro atoms. The van der Waals surface area contributed by atoms with Crippen LogP contribution in [0.2, 0.25) is 5.02 Å². The number of benzene rings is 2. The third-order valence-corrected chi connectivity index (χ3v) is 3.64. The van der Waals surface area contributed by atoms with E-state index in [1.54, 1.807) is 0 Å². The van der Waals surface area contributed by atoms with Crippen molar-refractivity contribution in [3.63, 3.8) is 0 Å². The van der Waals surface area contributed by atoms with Crippen LogP contribution < -0.4 is 0 Å². The minimum absolute atomic E-state index is 0.509. The molecule has 0 saturated carbocycles. The first-order chi connectivity index (χ1) is 8.11. The Hall–Kier alpha value is -0.980. The summed E-state index contributed by atoms with van der Waals surface area (Å²) >= 11 is 12.1. The van der Waals surface area contributed by atoms with Crippen molar-refractivity contribution in [2.24, 2.45) is 0 Å². The molecule has 2 heteroatoms. The van der Waals surface area contributed by atoms with Crippen LogP contribution in [0.25, 0.3) is 11.1 Å². The molecule has 2 aromatic rings. The molecule has 2 rings (SSSR count). The summed E-state index contributed by atoms with van der Waals surface area (Å²) in [4.78, 5) is 0. The minimum Gasteiger partial charge on any atom is -0.122 e. The average molecular weight is 265 g/mol. The van der Waals surface area contributed by atoms with Gasteiger partial charge >= 0.3 is 0 Å². The van der Waals surface area contributed by atoms with Crippen LogP contribution in [0.1, 0.15) is 16.7 Å². The second-order valence-corrected chi connectivity index (χ2v) is 4.92. The zero-order valence-electron chi connectivity index (χ0n) is 9.93. The van der Waals surface area contributed by atoms with Crippen LogP contribution in [0.4, 0.5) is 0 Å². The maximum atomic E-state index is 6.24. The summed E-state index contributed by atoms with van der Waals surface area (Å²) in [6.07, 6.45) is 0. The van der Waals surface area contributed by atoms with Gasteiger partial charge in [-0.25, -0.2) is 0 Å². The molecular formula is C15H14Cl2. The Labute approximate surface area is 112 Å². The second kappa shape index (κ2) is 5.12. The average Bonchev–Trinajstić information content (AvgIpc) is 2.33. The Balaban J connectivity index is 2.55. The molecule has 0 aromatic heterocycles. The van der Waals surface area contributed by atoms with Crippen LogP contribution in [-0.2, 0) is 5.88 Å². The fraction of sp³-hybridized carbons (Fsp3) is 0.200. The fourth-order valence-corrected chi connectivity index (χ4v) is 2.18. The van der Waals surface area contributed by atoms with Gasteiger partial charge in [0.1, 0.15) is 0 Å². The van der Waals surface area contributed by atoms with Gasteiger partial charge in [0.25, 0.3) is 0 Å². The van der Waals surface area contributed by atoms with Crippen LogP contribution in [0, 0.1) is 13.8 Å². The number of aryl methyl sites for hydroxylation is 2. The monoisotopic (exact) mass is 264 g/mol. The van der Waals surface area contributed by atoms with Crippen LogP contribution in [-0.4, -0.2) is 0 Å². The van der Waals surface area contributed by atoms with Crippen molar-refractivity contribution in [1.29, 1.82) is 0 Å². The molecule has 0 aliphatic carbocycles. The van der Waals surface area contributed by atoms with E-state index in [2.05, 4.69) is 38.1 Å². The second-order valence-electron chi connectivity index (χ2n) is 4.25. The number of alkyl halides is 1. The fourth-order valence-electron chi connectivity index (χ4n) is 1.79. The van der Waals surface area contributed by atoms with E-state index >= 15 is 0 Å². The summed E-state index contributed by atoms with van der Waals surface area (Å²) in [7, 11) is 0. The van der Waals surface area contributed by atoms with Gasteiger partial charge in [0, 0.05) is 16.5 Å². The molecule has 17 heavy (non-hydrogen) atoms. The molecular weight excluding hydrogens is 251 g/mol. The Morgan fingerprint density at radius 2 is 1.71 bits per heavy atom. The highest BCUT2D eigenvalue weighted by Crippen LogP contribution is 2.30. The predicted molar refractivity (Wildman–Crippen MR) is 75.9 cm³/mol. The summed E-state index contributed by atoms with van der Waals surface area (Å²) in [6.45, 7) is 4.22. The smallest absolute Gasteiger partial charge is 0.0484 e. The summed E-state index contributed by atoms with van der Waals surface area (Å²) in [6, 6.07) is 12.3. The first-order valence-corrected chi connectivity index (χ1v) is 6.45. The largest absolute Gasteiger partial charge is 0.122 e. The van der Waals surface area contributed by atoms with E-state index in [0.29, 0.717) is 5.88 Å². The third-order valence-electron chi connectivity index (χ3n) is 3.00. The zero-order valence-corrected chi connectivity index (χ0v) is 11.4. The highest BCUT2D eigenvalue weighted by molar-refractivity contribution is 6.33. The molecule has 0 aliphatic heterocycles. The number of rotatable bonds is 2. The summed E-state index contributed by atoms with van der Waals surface area (Å²) in [5.41, 5.74) is 5.84. The third kappa shape index (κ3) is 2.65. The van der Waals surface area contributed by atoms with Crippen molar-refractivity contribution in [3.05, 3.63) is 58.1 Å². The van der Waals surface area contributed by atoms with E-state index in [4.69, 9.17) is 23.2 Å². The molecule has 0 N–H and O–H groups in total. The van der Waals surface area contributed by atoms with Crippen molar-refractivity contribution in [3.8, 4) is 11.1 Å². The maximum Gasteiger partial charge on any atom is 0.0484 e. The summed E-state index contributed by atoms with van der Waals surface area (Å²) in [5.74, 6) is 0.509. The van der Waals surface area contributed by atoms with Gasteiger partial charge in [-0.05, 0) is 48.2 Å². The van der Waals surface area contributed by atoms with Crippen molar-refractivity contribution < 1.29 is 0 Å². The topological polar surface area (TPSA) is 0 Å². The van der Waals surface area contributed by atoms with E-state index < -0.39 is 0 Å². The number of halogens is 2. The van der Waals surface area contributed by atoms with Crippen LogP contribution in [0.3, 0.4) is 0 Å². The lowest BCUT2D eigenvalue weighted by Gasteiger charge is -2.09. The standard InChI is InChI=1S/C15H14Cl2/c1-10-3-5-13(7-11(10)2)14-8-12(9-16)4-6-15(14)17/h3-8H,9H2,1-2H3. The van der Waals surface area contributed by atoms with Gasteiger partial charge in [0.15, 0.2) is 0 Å². The summed E-state index contributed by atoms with van der Waals surface area (Å²) in [5, 5.41) is 0.766. The van der Waals surface area contributed by atoms with E-state index in [1.165, 1.54) is 11.1 Å². The summed E-state index contributed by atoms with van der Waals surface area (Å²) < 4.78 is 0. The molecule has 2 aromatic carbocycles. The SMILES string of the molecule is Cc1ccc(-c2cc(CCl)ccc2Cl)cc1C. The van der Waals surface area contributed by atoms with E-state index in [9.17, 15) is 0 Å². The highest BCUT2D eigenvalue weighted by atomic mass is 35.5. The Morgan fingerprint density at radius 1 is 0.941 bits per heavy atom. The lowest BCUT2D eigenvalue weighted by atomic mass is 9.99. The van der Waals surface area contributed by atoms with Gasteiger partial charge in [-0.2, -0.15) is 0 Å². The molecule has 0 saturated heterocycles. The first-order valence-electron chi connectivity index (χ1n) is 5.54. The van der Waals surface area contributed by atoms with Crippen molar-refractivity contribution in [1.82, 2.24) is 0 Å². The van der Waals surface area contributed by atoms with Gasteiger partial charge in [-0.15, -0.1) is 11.6 Å². The molecule has 0 heterocycles. The predicted octanol–water partition coefficient (Wildman–Crippen LogP) is 5.36. The van der Waals surface area contributed by atoms with Gasteiger partial charge < -0.3 is 0 Å². The molecule has 0 aliphatic rings. The molecule has 0 bridgehead atoms. The Morgan fingerprint density at radius 3 is 2.35 bits per heavy atom. The van der Waals surface area contributed by atoms with Crippen LogP contribution in [0.15, 0.2) is 36.4 Å². The van der Waals surface area contributed by atoms with Crippen molar-refractivity contribution in [2.45, 2.75) is 19.7 Å². The molecule has 0 amide bonds. The molecule has 0 fully saturated rings. The van der Waals surface area contributed by atoms with Gasteiger partial charge in [-0.3, -0.25) is 0 Å². The normalized spacial score (nSPS) is 10.6. The van der Waals surface area contributed by atoms with Crippen molar-refractivity contribution >= 4 is 23.2 Å². The highest BCUT2D eigenvalue weighted by Gasteiger charge is 2.05. The van der Waals surface area contributed by atoms with E-state index in [1.807, 2.05) is 12.1 Å². The van der Waals surface area contributed by atoms with Crippen molar-refractivity contribution in [2.75, 3.05) is 0 Å². The van der Waals surface area contributed by atoms with Gasteiger partial charge in [0.2, 0.25) is 0 Å². The first kappa shape index (κ1) is 12.5. The number of hydrogen-bond acceptors (Lipinski definition) is 0. The minimum atomic E-state index is 0.509. The lowest BCUT2D eigenvalue weighted by molar-refractivity contribution is 1.34. The molecule has 0 unspecified atom stereocenters. The number of hydrogen-bond donors (Lipinski definition) is 0.